The maximum Gasteiger partial charge on any atom is 0.155 e. The molecular formula is C19H26O2. The first kappa shape index (κ1) is 13.8. The van der Waals surface area contributed by atoms with Crippen molar-refractivity contribution in [3.8, 4) is 0 Å². The van der Waals surface area contributed by atoms with Crippen LogP contribution in [0.2, 0.25) is 0 Å². The molecule has 0 aromatic rings. The molecule has 0 aliphatic heterocycles. The van der Waals surface area contributed by atoms with Crippen LogP contribution >= 0.6 is 0 Å². The van der Waals surface area contributed by atoms with E-state index in [4.69, 9.17) is 0 Å². The number of ketones is 1. The molecule has 5 atom stereocenters. The zero-order chi connectivity index (χ0) is 14.8. The fourth-order valence-electron chi connectivity index (χ4n) is 6.02. The van der Waals surface area contributed by atoms with Crippen LogP contribution in [0.5, 0.6) is 0 Å². The molecule has 0 saturated heterocycles. The van der Waals surface area contributed by atoms with Gasteiger partial charge in [-0.1, -0.05) is 18.1 Å². The Kier molecular flexibility index (Phi) is 2.98. The van der Waals surface area contributed by atoms with Gasteiger partial charge in [0.15, 0.2) is 5.78 Å². The zero-order valence-electron chi connectivity index (χ0n) is 13.2. The number of rotatable bonds is 0. The van der Waals surface area contributed by atoms with Crippen molar-refractivity contribution < 1.29 is 9.90 Å². The lowest BCUT2D eigenvalue weighted by Crippen LogP contribution is -2.50. The molecule has 4 aliphatic rings. The number of aliphatic hydroxyl groups is 1. The lowest BCUT2D eigenvalue weighted by Gasteiger charge is -2.55. The Bertz CT molecular complexity index is 556. The first-order chi connectivity index (χ1) is 10.0. The summed E-state index contributed by atoms with van der Waals surface area (Å²) >= 11 is 0. The second-order valence-electron chi connectivity index (χ2n) is 7.99. The van der Waals surface area contributed by atoms with Crippen molar-refractivity contribution in [3.05, 3.63) is 22.8 Å². The summed E-state index contributed by atoms with van der Waals surface area (Å²) in [6.45, 7) is 4.63. The molecule has 21 heavy (non-hydrogen) atoms. The first-order valence-corrected chi connectivity index (χ1v) is 8.62. The van der Waals surface area contributed by atoms with Crippen molar-refractivity contribution in [3.63, 3.8) is 0 Å². The van der Waals surface area contributed by atoms with E-state index in [1.807, 2.05) is 0 Å². The molecule has 0 aromatic carbocycles. The van der Waals surface area contributed by atoms with Gasteiger partial charge in [0.05, 0.1) is 6.10 Å². The number of carbonyl (C=O) groups is 1. The van der Waals surface area contributed by atoms with Gasteiger partial charge in [0, 0.05) is 6.42 Å². The topological polar surface area (TPSA) is 37.3 Å². The van der Waals surface area contributed by atoms with Gasteiger partial charge < -0.3 is 5.11 Å². The van der Waals surface area contributed by atoms with Gasteiger partial charge in [-0.25, -0.2) is 0 Å². The van der Waals surface area contributed by atoms with E-state index < -0.39 is 0 Å². The quantitative estimate of drug-likeness (QED) is 0.688. The first-order valence-electron chi connectivity index (χ1n) is 8.62. The molecule has 1 N–H and O–H groups in total. The van der Waals surface area contributed by atoms with Crippen LogP contribution in [0.1, 0.15) is 58.8 Å². The van der Waals surface area contributed by atoms with Crippen LogP contribution in [0.15, 0.2) is 22.8 Å². The number of fused-ring (bicyclic) bond motifs is 5. The monoisotopic (exact) mass is 286 g/mol. The van der Waals surface area contributed by atoms with Gasteiger partial charge >= 0.3 is 0 Å². The Morgan fingerprint density at radius 3 is 2.86 bits per heavy atom. The van der Waals surface area contributed by atoms with Crippen molar-refractivity contribution in [2.24, 2.45) is 23.2 Å². The average molecular weight is 286 g/mol. The van der Waals surface area contributed by atoms with Crippen LogP contribution in [-0.2, 0) is 4.79 Å². The van der Waals surface area contributed by atoms with Crippen molar-refractivity contribution in [1.29, 1.82) is 0 Å². The Balaban J connectivity index is 1.74. The van der Waals surface area contributed by atoms with Crippen molar-refractivity contribution in [2.75, 3.05) is 0 Å². The van der Waals surface area contributed by atoms with Crippen LogP contribution in [-0.4, -0.2) is 17.0 Å². The second kappa shape index (κ2) is 4.55. The molecule has 5 unspecified atom stereocenters. The molecule has 0 amide bonds. The van der Waals surface area contributed by atoms with Gasteiger partial charge in [-0.2, -0.15) is 0 Å². The van der Waals surface area contributed by atoms with Crippen LogP contribution in [0, 0.1) is 23.2 Å². The Labute approximate surface area is 127 Å². The van der Waals surface area contributed by atoms with Crippen molar-refractivity contribution in [2.45, 2.75) is 64.9 Å². The third-order valence-corrected chi connectivity index (χ3v) is 7.12. The van der Waals surface area contributed by atoms with Gasteiger partial charge in [0.1, 0.15) is 0 Å². The van der Waals surface area contributed by atoms with E-state index in [2.05, 4.69) is 13.8 Å². The third-order valence-electron chi connectivity index (χ3n) is 7.12. The Morgan fingerprint density at radius 1 is 1.24 bits per heavy atom. The molecule has 2 heteroatoms. The van der Waals surface area contributed by atoms with E-state index in [0.717, 1.165) is 24.3 Å². The summed E-state index contributed by atoms with van der Waals surface area (Å²) in [4.78, 5) is 11.8. The predicted octanol–water partition coefficient (Wildman–Crippen LogP) is 3.80. The van der Waals surface area contributed by atoms with Crippen LogP contribution < -0.4 is 0 Å². The zero-order valence-corrected chi connectivity index (χ0v) is 13.2. The molecule has 0 heterocycles. The van der Waals surface area contributed by atoms with E-state index in [1.165, 1.54) is 25.7 Å². The summed E-state index contributed by atoms with van der Waals surface area (Å²) in [5, 5.41) is 10.7. The summed E-state index contributed by atoms with van der Waals surface area (Å²) in [6, 6.07) is 0. The van der Waals surface area contributed by atoms with E-state index in [1.54, 1.807) is 17.2 Å². The lowest BCUT2D eigenvalue weighted by molar-refractivity contribution is -0.117. The van der Waals surface area contributed by atoms with Gasteiger partial charge in [-0.05, 0) is 80.3 Å². The fraction of sp³-hybridized carbons (Fsp3) is 0.737. The average Bonchev–Trinajstić information content (AvgIpc) is 2.83. The highest BCUT2D eigenvalue weighted by atomic mass is 16.3. The SMILES string of the molecule is CC1=C2CCC3C(CC(O)C4=CC(=O)CCC43C)C2CC1. The molecule has 2 nitrogen and oxygen atoms in total. The minimum absolute atomic E-state index is 0.0677. The Hall–Kier alpha value is -0.890. The van der Waals surface area contributed by atoms with Gasteiger partial charge in [-0.15, -0.1) is 0 Å². The molecule has 2 saturated carbocycles. The summed E-state index contributed by atoms with van der Waals surface area (Å²) in [5.41, 5.74) is 4.46. The van der Waals surface area contributed by atoms with E-state index in [0.29, 0.717) is 18.3 Å². The number of hydrogen-bond acceptors (Lipinski definition) is 2. The highest BCUT2D eigenvalue weighted by Gasteiger charge is 2.54. The summed E-state index contributed by atoms with van der Waals surface area (Å²) in [7, 11) is 0. The van der Waals surface area contributed by atoms with E-state index in [-0.39, 0.29) is 17.3 Å². The maximum atomic E-state index is 11.8. The number of hydrogen-bond donors (Lipinski definition) is 1. The standard InChI is InChI=1S/C19H26O2/c1-11-3-4-14-13(11)5-6-16-15(14)10-18(21)17-9-12(20)7-8-19(16,17)2/h9,14-16,18,21H,3-8,10H2,1-2H3. The van der Waals surface area contributed by atoms with Gasteiger partial charge in [0.25, 0.3) is 0 Å². The van der Waals surface area contributed by atoms with Crippen molar-refractivity contribution >= 4 is 5.78 Å². The normalized spacial score (nSPS) is 45.9. The summed E-state index contributed by atoms with van der Waals surface area (Å²) in [5.74, 6) is 2.24. The number of carbonyl (C=O) groups excluding carboxylic acids is 1. The molecule has 4 rings (SSSR count). The van der Waals surface area contributed by atoms with Crippen LogP contribution in [0.25, 0.3) is 0 Å². The third kappa shape index (κ3) is 1.84. The van der Waals surface area contributed by atoms with Crippen molar-refractivity contribution in [1.82, 2.24) is 0 Å². The molecule has 2 fully saturated rings. The second-order valence-corrected chi connectivity index (χ2v) is 7.99. The maximum absolute atomic E-state index is 11.8. The smallest absolute Gasteiger partial charge is 0.155 e. The largest absolute Gasteiger partial charge is 0.389 e. The minimum atomic E-state index is -0.388. The number of aliphatic hydroxyl groups excluding tert-OH is 1. The lowest BCUT2D eigenvalue weighted by atomic mass is 9.50. The summed E-state index contributed by atoms with van der Waals surface area (Å²) < 4.78 is 0. The fourth-order valence-corrected chi connectivity index (χ4v) is 6.02. The van der Waals surface area contributed by atoms with Crippen LogP contribution in [0.4, 0.5) is 0 Å². The van der Waals surface area contributed by atoms with Gasteiger partial charge in [0.2, 0.25) is 0 Å². The van der Waals surface area contributed by atoms with Crippen LogP contribution in [0.3, 0.4) is 0 Å². The predicted molar refractivity (Wildman–Crippen MR) is 82.7 cm³/mol. The highest BCUT2D eigenvalue weighted by molar-refractivity contribution is 5.91. The molecule has 0 spiro atoms. The molecular weight excluding hydrogens is 260 g/mol. The molecule has 4 aliphatic carbocycles. The van der Waals surface area contributed by atoms with Gasteiger partial charge in [-0.3, -0.25) is 4.79 Å². The highest BCUT2D eigenvalue weighted by Crippen LogP contribution is 2.61. The molecule has 114 valence electrons. The molecule has 0 radical (unpaired) electrons. The molecule has 0 bridgehead atoms. The Morgan fingerprint density at radius 2 is 2.05 bits per heavy atom. The van der Waals surface area contributed by atoms with E-state index >= 15 is 0 Å². The minimum Gasteiger partial charge on any atom is -0.389 e. The summed E-state index contributed by atoms with van der Waals surface area (Å²) in [6.07, 6.45) is 8.95. The molecule has 0 aromatic heterocycles. The number of allylic oxidation sites excluding steroid dienone is 3. The van der Waals surface area contributed by atoms with E-state index in [9.17, 15) is 9.90 Å².